The molecule has 3 aromatic rings. The summed E-state index contributed by atoms with van der Waals surface area (Å²) < 4.78 is 21.4. The van der Waals surface area contributed by atoms with Gasteiger partial charge in [0.2, 0.25) is 0 Å². The summed E-state index contributed by atoms with van der Waals surface area (Å²) in [5, 5.41) is 0. The molecule has 1 aromatic heterocycles. The maximum absolute atomic E-state index is 13.5. The lowest BCUT2D eigenvalue weighted by atomic mass is 10.0. The minimum absolute atomic E-state index is 0.213. The van der Waals surface area contributed by atoms with Crippen LogP contribution in [0.25, 0.3) is 10.2 Å². The van der Waals surface area contributed by atoms with E-state index in [9.17, 15) is 9.18 Å². The van der Waals surface area contributed by atoms with Crippen molar-refractivity contribution >= 4 is 27.5 Å². The number of benzene rings is 2. The lowest BCUT2D eigenvalue weighted by Gasteiger charge is -2.05. The average molecular weight is 372 g/mol. The van der Waals surface area contributed by atoms with Gasteiger partial charge in [0.15, 0.2) is 4.80 Å². The van der Waals surface area contributed by atoms with E-state index in [1.54, 1.807) is 13.2 Å². The summed E-state index contributed by atoms with van der Waals surface area (Å²) in [5.41, 5.74) is 4.07. The molecule has 0 spiro atoms. The number of carbonyl (C=O) groups is 1. The number of halogens is 1. The summed E-state index contributed by atoms with van der Waals surface area (Å²) in [7, 11) is 1.62. The largest absolute Gasteiger partial charge is 0.383 e. The van der Waals surface area contributed by atoms with Gasteiger partial charge in [-0.05, 0) is 43.2 Å². The number of aromatic nitrogens is 1. The van der Waals surface area contributed by atoms with E-state index in [4.69, 9.17) is 4.74 Å². The highest BCUT2D eigenvalue weighted by Gasteiger charge is 2.10. The van der Waals surface area contributed by atoms with Gasteiger partial charge in [0.1, 0.15) is 5.82 Å². The Hall–Kier alpha value is -2.31. The van der Waals surface area contributed by atoms with Crippen molar-refractivity contribution in [3.63, 3.8) is 0 Å². The Kier molecular flexibility index (Phi) is 5.64. The van der Waals surface area contributed by atoms with Crippen molar-refractivity contribution in [3.05, 3.63) is 63.7 Å². The van der Waals surface area contributed by atoms with Crippen molar-refractivity contribution in [2.24, 2.45) is 4.99 Å². The Balaban J connectivity index is 1.98. The number of nitrogens with zero attached hydrogens (tertiary/aromatic N) is 2. The third kappa shape index (κ3) is 4.08. The predicted octanol–water partition coefficient (Wildman–Crippen LogP) is 3.78. The highest BCUT2D eigenvalue weighted by atomic mass is 32.1. The van der Waals surface area contributed by atoms with Crippen LogP contribution in [0.4, 0.5) is 4.39 Å². The van der Waals surface area contributed by atoms with Crippen LogP contribution in [0.5, 0.6) is 0 Å². The topological polar surface area (TPSA) is 43.6 Å². The zero-order chi connectivity index (χ0) is 18.7. The monoisotopic (exact) mass is 372 g/mol. The maximum atomic E-state index is 13.5. The summed E-state index contributed by atoms with van der Waals surface area (Å²) >= 11 is 1.31. The number of hydrogen-bond acceptors (Lipinski definition) is 3. The Morgan fingerprint density at radius 1 is 1.23 bits per heavy atom. The molecule has 0 bridgehead atoms. The van der Waals surface area contributed by atoms with E-state index in [0.29, 0.717) is 18.0 Å². The van der Waals surface area contributed by atoms with Gasteiger partial charge in [-0.15, -0.1) is 0 Å². The van der Waals surface area contributed by atoms with E-state index < -0.39 is 0 Å². The van der Waals surface area contributed by atoms with Crippen LogP contribution in [0, 0.1) is 19.7 Å². The fourth-order valence-corrected chi connectivity index (χ4v) is 3.98. The van der Waals surface area contributed by atoms with E-state index in [0.717, 1.165) is 21.3 Å². The smallest absolute Gasteiger partial charge is 0.252 e. The minimum Gasteiger partial charge on any atom is -0.383 e. The molecule has 4 nitrogen and oxygen atoms in total. The molecular weight excluding hydrogens is 351 g/mol. The number of methoxy groups -OCH3 is 1. The van der Waals surface area contributed by atoms with Crippen molar-refractivity contribution in [1.29, 1.82) is 0 Å². The molecular formula is C20H21FN2O2S. The minimum atomic E-state index is -0.300. The molecule has 0 unspecified atom stereocenters. The zero-order valence-electron chi connectivity index (χ0n) is 15.1. The fourth-order valence-electron chi connectivity index (χ4n) is 2.88. The van der Waals surface area contributed by atoms with E-state index >= 15 is 0 Å². The van der Waals surface area contributed by atoms with Crippen LogP contribution in [0.15, 0.2) is 41.4 Å². The number of carbonyl (C=O) groups excluding carboxylic acids is 1. The van der Waals surface area contributed by atoms with E-state index in [2.05, 4.69) is 11.1 Å². The van der Waals surface area contributed by atoms with Crippen LogP contribution < -0.4 is 4.80 Å². The number of rotatable bonds is 5. The fraction of sp³-hybridized carbons (Fsp3) is 0.300. The second-order valence-electron chi connectivity index (χ2n) is 6.25. The van der Waals surface area contributed by atoms with Crippen molar-refractivity contribution in [2.75, 3.05) is 13.7 Å². The molecule has 6 heteroatoms. The molecule has 0 saturated heterocycles. The summed E-state index contributed by atoms with van der Waals surface area (Å²) in [5.74, 6) is -0.513. The number of hydrogen-bond donors (Lipinski definition) is 0. The molecule has 3 rings (SSSR count). The standard InChI is InChI=1S/C20H21FN2O2S/c1-13-4-5-15(14(2)10-13)11-19(24)22-20-23(8-9-25-3)17-7-6-16(21)12-18(17)26-20/h4-7,10,12H,8-9,11H2,1-3H3. The molecule has 0 atom stereocenters. The quantitative estimate of drug-likeness (QED) is 0.684. The Morgan fingerprint density at radius 3 is 2.77 bits per heavy atom. The van der Waals surface area contributed by atoms with Gasteiger partial charge in [-0.3, -0.25) is 4.79 Å². The first-order chi connectivity index (χ1) is 12.5. The Labute approximate surface area is 155 Å². The van der Waals surface area contributed by atoms with Crippen molar-refractivity contribution in [2.45, 2.75) is 26.8 Å². The van der Waals surface area contributed by atoms with Crippen molar-refractivity contribution < 1.29 is 13.9 Å². The normalized spacial score (nSPS) is 12.1. The molecule has 0 saturated carbocycles. The van der Waals surface area contributed by atoms with Crippen LogP contribution in [-0.2, 0) is 22.5 Å². The van der Waals surface area contributed by atoms with Crippen LogP contribution in [0.2, 0.25) is 0 Å². The highest BCUT2D eigenvalue weighted by molar-refractivity contribution is 7.16. The molecule has 1 heterocycles. The molecule has 0 N–H and O–H groups in total. The number of amides is 1. The summed E-state index contributed by atoms with van der Waals surface area (Å²) in [4.78, 5) is 17.4. The predicted molar refractivity (Wildman–Crippen MR) is 102 cm³/mol. The van der Waals surface area contributed by atoms with E-state index in [1.807, 2.05) is 30.5 Å². The molecule has 2 aromatic carbocycles. The highest BCUT2D eigenvalue weighted by Crippen LogP contribution is 2.19. The molecule has 136 valence electrons. The Morgan fingerprint density at radius 2 is 2.04 bits per heavy atom. The molecule has 26 heavy (non-hydrogen) atoms. The second kappa shape index (κ2) is 7.93. The van der Waals surface area contributed by atoms with Crippen LogP contribution >= 0.6 is 11.3 Å². The summed E-state index contributed by atoms with van der Waals surface area (Å²) in [6.45, 7) is 5.06. The first kappa shape index (κ1) is 18.5. The van der Waals surface area contributed by atoms with E-state index in [1.165, 1.54) is 29.0 Å². The Bertz CT molecular complexity index is 1020. The molecule has 1 amide bonds. The first-order valence-corrected chi connectivity index (χ1v) is 9.21. The number of fused-ring (bicyclic) bond motifs is 1. The van der Waals surface area contributed by atoms with Gasteiger partial charge in [-0.1, -0.05) is 35.1 Å². The van der Waals surface area contributed by atoms with Gasteiger partial charge in [-0.2, -0.15) is 4.99 Å². The molecule has 0 aliphatic carbocycles. The lowest BCUT2D eigenvalue weighted by Crippen LogP contribution is -2.19. The zero-order valence-corrected chi connectivity index (χ0v) is 15.9. The second-order valence-corrected chi connectivity index (χ2v) is 7.26. The maximum Gasteiger partial charge on any atom is 0.252 e. The third-order valence-corrected chi connectivity index (χ3v) is 5.27. The number of thiazole rings is 1. The van der Waals surface area contributed by atoms with Gasteiger partial charge < -0.3 is 9.30 Å². The molecule has 0 aliphatic rings. The molecule has 0 aliphatic heterocycles. The van der Waals surface area contributed by atoms with Gasteiger partial charge in [0.05, 0.1) is 23.2 Å². The van der Waals surface area contributed by atoms with Crippen molar-refractivity contribution in [3.8, 4) is 0 Å². The van der Waals surface area contributed by atoms with Crippen LogP contribution in [-0.4, -0.2) is 24.2 Å². The lowest BCUT2D eigenvalue weighted by molar-refractivity contribution is -0.117. The summed E-state index contributed by atoms with van der Waals surface area (Å²) in [6.07, 6.45) is 0.249. The van der Waals surface area contributed by atoms with E-state index in [-0.39, 0.29) is 18.1 Å². The number of ether oxygens (including phenoxy) is 1. The first-order valence-electron chi connectivity index (χ1n) is 8.39. The molecule has 0 radical (unpaired) electrons. The van der Waals surface area contributed by atoms with Gasteiger partial charge in [0, 0.05) is 13.7 Å². The summed E-state index contributed by atoms with van der Waals surface area (Å²) in [6, 6.07) is 10.6. The van der Waals surface area contributed by atoms with Crippen molar-refractivity contribution in [1.82, 2.24) is 4.57 Å². The SMILES string of the molecule is COCCn1c(=NC(=O)Cc2ccc(C)cc2C)sc2cc(F)ccc21. The van der Waals surface area contributed by atoms with Gasteiger partial charge >= 0.3 is 0 Å². The third-order valence-electron chi connectivity index (χ3n) is 4.22. The molecule has 0 fully saturated rings. The van der Waals surface area contributed by atoms with Crippen LogP contribution in [0.1, 0.15) is 16.7 Å². The average Bonchev–Trinajstić information content (AvgIpc) is 2.91. The number of aryl methyl sites for hydroxylation is 2. The van der Waals surface area contributed by atoms with Gasteiger partial charge in [-0.25, -0.2) is 4.39 Å². The van der Waals surface area contributed by atoms with Gasteiger partial charge in [0.25, 0.3) is 5.91 Å². The van der Waals surface area contributed by atoms with Crippen LogP contribution in [0.3, 0.4) is 0 Å².